The molecule has 1 saturated heterocycles. The first-order valence-electron chi connectivity index (χ1n) is 8.40. The molecule has 1 fully saturated rings. The molecule has 3 aromatic heterocycles. The molecule has 126 valence electrons. The number of hydrogen-bond acceptors (Lipinski definition) is 5. The Morgan fingerprint density at radius 1 is 1.42 bits per heavy atom. The van der Waals surface area contributed by atoms with Crippen molar-refractivity contribution < 1.29 is 5.11 Å². The first-order valence-corrected chi connectivity index (χ1v) is 9.28. The average molecular weight is 342 g/mol. The number of aliphatic hydroxyl groups excluding tert-OH is 1. The van der Waals surface area contributed by atoms with Crippen LogP contribution < -0.4 is 0 Å². The molecule has 0 aromatic carbocycles. The molecule has 2 atom stereocenters. The maximum Gasteiger partial charge on any atom is 0.137 e. The van der Waals surface area contributed by atoms with E-state index in [1.807, 2.05) is 24.0 Å². The fourth-order valence-electron chi connectivity index (χ4n) is 3.60. The summed E-state index contributed by atoms with van der Waals surface area (Å²) in [7, 11) is 1.94. The van der Waals surface area contributed by atoms with Gasteiger partial charge < -0.3 is 9.67 Å². The highest BCUT2D eigenvalue weighted by Gasteiger charge is 2.29. The van der Waals surface area contributed by atoms with Gasteiger partial charge in [-0.3, -0.25) is 9.88 Å². The Bertz CT molecular complexity index is 827. The molecule has 5 nitrogen and oxygen atoms in total. The van der Waals surface area contributed by atoms with E-state index in [0.717, 1.165) is 43.8 Å². The molecule has 3 aromatic rings. The predicted octanol–water partition coefficient (Wildman–Crippen LogP) is 2.98. The van der Waals surface area contributed by atoms with E-state index >= 15 is 0 Å². The van der Waals surface area contributed by atoms with E-state index in [-0.39, 0.29) is 5.92 Å². The van der Waals surface area contributed by atoms with Crippen LogP contribution in [0.25, 0.3) is 10.2 Å². The molecule has 4 heterocycles. The Kier molecular flexibility index (Phi) is 4.35. The fraction of sp³-hybridized carbons (Fsp3) is 0.444. The number of aryl methyl sites for hydroxylation is 1. The van der Waals surface area contributed by atoms with E-state index in [4.69, 9.17) is 0 Å². The van der Waals surface area contributed by atoms with Gasteiger partial charge in [0.1, 0.15) is 11.9 Å². The molecule has 1 N–H and O–H groups in total. The number of nitrogens with zero attached hydrogens (tertiary/aromatic N) is 4. The summed E-state index contributed by atoms with van der Waals surface area (Å²) in [5.74, 6) is 1.00. The lowest BCUT2D eigenvalue weighted by Crippen LogP contribution is -2.37. The Balaban J connectivity index is 1.45. The Morgan fingerprint density at radius 3 is 3.17 bits per heavy atom. The first-order chi connectivity index (χ1) is 11.7. The van der Waals surface area contributed by atoms with Gasteiger partial charge in [0, 0.05) is 44.6 Å². The Hall–Kier alpha value is -1.76. The Morgan fingerprint density at radius 2 is 2.33 bits per heavy atom. The molecule has 1 aliphatic heterocycles. The zero-order valence-corrected chi connectivity index (χ0v) is 14.6. The monoisotopic (exact) mass is 342 g/mol. The van der Waals surface area contributed by atoms with Crippen LogP contribution >= 0.6 is 11.3 Å². The molecule has 0 spiro atoms. The largest absolute Gasteiger partial charge is 0.385 e. The average Bonchev–Trinajstić information content (AvgIpc) is 3.22. The van der Waals surface area contributed by atoms with Crippen molar-refractivity contribution in [2.24, 2.45) is 13.0 Å². The van der Waals surface area contributed by atoms with E-state index in [2.05, 4.69) is 32.4 Å². The van der Waals surface area contributed by atoms with Crippen molar-refractivity contribution in [2.75, 3.05) is 13.1 Å². The smallest absolute Gasteiger partial charge is 0.137 e. The van der Waals surface area contributed by atoms with Crippen molar-refractivity contribution in [1.29, 1.82) is 0 Å². The zero-order chi connectivity index (χ0) is 16.5. The van der Waals surface area contributed by atoms with Crippen LogP contribution in [0.3, 0.4) is 0 Å². The number of fused-ring (bicyclic) bond motifs is 1. The summed E-state index contributed by atoms with van der Waals surface area (Å²) in [5.41, 5.74) is 2.32. The fourth-order valence-corrected chi connectivity index (χ4v) is 4.40. The standard InChI is InChI=1S/C18H22N4OS/c1-21-7-5-19-18(21)17(23)14-3-2-6-22(12-14)11-13-9-16-15(20-10-13)4-8-24-16/h4-5,7-10,14,17,23H,2-3,6,11-12H2,1H3. The molecule has 24 heavy (non-hydrogen) atoms. The lowest BCUT2D eigenvalue weighted by Gasteiger charge is -2.34. The van der Waals surface area contributed by atoms with Crippen molar-refractivity contribution in [3.63, 3.8) is 0 Å². The zero-order valence-electron chi connectivity index (χ0n) is 13.8. The highest BCUT2D eigenvalue weighted by Crippen LogP contribution is 2.29. The van der Waals surface area contributed by atoms with Crippen molar-refractivity contribution >= 4 is 21.6 Å². The predicted molar refractivity (Wildman–Crippen MR) is 95.8 cm³/mol. The SMILES string of the molecule is Cn1ccnc1C(O)C1CCCN(Cc2cnc3ccsc3c2)C1. The van der Waals surface area contributed by atoms with Crippen molar-refractivity contribution in [3.05, 3.63) is 47.5 Å². The third-order valence-electron chi connectivity index (χ3n) is 4.88. The highest BCUT2D eigenvalue weighted by molar-refractivity contribution is 7.17. The minimum Gasteiger partial charge on any atom is -0.385 e. The van der Waals surface area contributed by atoms with Gasteiger partial charge in [-0.05, 0) is 42.5 Å². The number of aromatic nitrogens is 3. The van der Waals surface area contributed by atoms with Crippen LogP contribution in [-0.4, -0.2) is 37.6 Å². The number of likely N-dealkylation sites (tertiary alicyclic amines) is 1. The van der Waals surface area contributed by atoms with Crippen LogP contribution in [-0.2, 0) is 13.6 Å². The molecule has 0 radical (unpaired) electrons. The van der Waals surface area contributed by atoms with Crippen molar-refractivity contribution in [2.45, 2.75) is 25.5 Å². The van der Waals surface area contributed by atoms with Gasteiger partial charge in [0.2, 0.25) is 0 Å². The van der Waals surface area contributed by atoms with Gasteiger partial charge >= 0.3 is 0 Å². The second-order valence-electron chi connectivity index (χ2n) is 6.63. The first kappa shape index (κ1) is 15.7. The van der Waals surface area contributed by atoms with Crippen LogP contribution in [0.15, 0.2) is 36.1 Å². The van der Waals surface area contributed by atoms with Gasteiger partial charge in [0.25, 0.3) is 0 Å². The molecular formula is C18H22N4OS. The van der Waals surface area contributed by atoms with Crippen LogP contribution in [0.4, 0.5) is 0 Å². The van der Waals surface area contributed by atoms with Crippen LogP contribution in [0.5, 0.6) is 0 Å². The number of piperidine rings is 1. The maximum atomic E-state index is 10.7. The summed E-state index contributed by atoms with van der Waals surface area (Å²) in [4.78, 5) is 11.3. The number of imidazole rings is 1. The van der Waals surface area contributed by atoms with E-state index in [0.29, 0.717) is 0 Å². The lowest BCUT2D eigenvalue weighted by atomic mass is 9.91. The van der Waals surface area contributed by atoms with Gasteiger partial charge in [-0.15, -0.1) is 11.3 Å². The summed E-state index contributed by atoms with van der Waals surface area (Å²) >= 11 is 1.74. The second kappa shape index (κ2) is 6.63. The normalized spacial score (nSPS) is 20.5. The topological polar surface area (TPSA) is 54.2 Å². The molecule has 0 aliphatic carbocycles. The van der Waals surface area contributed by atoms with Gasteiger partial charge in [0.15, 0.2) is 0 Å². The maximum absolute atomic E-state index is 10.7. The quantitative estimate of drug-likeness (QED) is 0.792. The molecule has 6 heteroatoms. The number of hydrogen-bond donors (Lipinski definition) is 1. The van der Waals surface area contributed by atoms with Crippen LogP contribution in [0.2, 0.25) is 0 Å². The summed E-state index contributed by atoms with van der Waals surface area (Å²) in [5, 5.41) is 12.8. The third-order valence-corrected chi connectivity index (χ3v) is 5.73. The molecule has 0 saturated carbocycles. The van der Waals surface area contributed by atoms with Gasteiger partial charge in [0.05, 0.1) is 10.2 Å². The minimum absolute atomic E-state index is 0.235. The molecule has 0 bridgehead atoms. The molecule has 2 unspecified atom stereocenters. The number of rotatable bonds is 4. The van der Waals surface area contributed by atoms with E-state index in [9.17, 15) is 5.11 Å². The van der Waals surface area contributed by atoms with E-state index < -0.39 is 6.10 Å². The second-order valence-corrected chi connectivity index (χ2v) is 7.57. The summed E-state index contributed by atoms with van der Waals surface area (Å²) in [6, 6.07) is 4.30. The highest BCUT2D eigenvalue weighted by atomic mass is 32.1. The molecule has 4 rings (SSSR count). The summed E-state index contributed by atoms with van der Waals surface area (Å²) in [6.07, 6.45) is 7.29. The van der Waals surface area contributed by atoms with E-state index in [1.54, 1.807) is 17.5 Å². The lowest BCUT2D eigenvalue weighted by molar-refractivity contribution is 0.0404. The van der Waals surface area contributed by atoms with Crippen LogP contribution in [0, 0.1) is 5.92 Å². The minimum atomic E-state index is -0.495. The Labute approximate surface area is 145 Å². The van der Waals surface area contributed by atoms with Gasteiger partial charge in [-0.1, -0.05) is 0 Å². The summed E-state index contributed by atoms with van der Waals surface area (Å²) < 4.78 is 3.16. The number of thiophene rings is 1. The van der Waals surface area contributed by atoms with Crippen molar-refractivity contribution in [1.82, 2.24) is 19.4 Å². The molecule has 1 aliphatic rings. The molecule has 0 amide bonds. The van der Waals surface area contributed by atoms with Gasteiger partial charge in [-0.25, -0.2) is 4.98 Å². The van der Waals surface area contributed by atoms with E-state index in [1.165, 1.54) is 10.3 Å². The van der Waals surface area contributed by atoms with Gasteiger partial charge in [-0.2, -0.15) is 0 Å². The number of aliphatic hydroxyl groups is 1. The number of pyridine rings is 1. The van der Waals surface area contributed by atoms with Crippen LogP contribution in [0.1, 0.15) is 30.3 Å². The summed E-state index contributed by atoms with van der Waals surface area (Å²) in [6.45, 7) is 2.87. The molecular weight excluding hydrogens is 320 g/mol. The van der Waals surface area contributed by atoms with Crippen molar-refractivity contribution in [3.8, 4) is 0 Å². The third kappa shape index (κ3) is 3.09.